The van der Waals surface area contributed by atoms with Gasteiger partial charge < -0.3 is 10.1 Å². The third kappa shape index (κ3) is 5.84. The molecule has 1 unspecified atom stereocenters. The molecule has 1 N–H and O–H groups in total. The number of hydrogen-bond acceptors (Lipinski definition) is 3. The van der Waals surface area contributed by atoms with E-state index in [0.29, 0.717) is 6.04 Å². The van der Waals surface area contributed by atoms with E-state index in [9.17, 15) is 0 Å². The summed E-state index contributed by atoms with van der Waals surface area (Å²) in [7, 11) is 1.96. The summed E-state index contributed by atoms with van der Waals surface area (Å²) in [6.45, 7) is 6.86. The zero-order valence-electron chi connectivity index (χ0n) is 11.3. The van der Waals surface area contributed by atoms with Gasteiger partial charge in [-0.1, -0.05) is 6.92 Å². The quantitative estimate of drug-likeness (QED) is 0.667. The lowest BCUT2D eigenvalue weighted by atomic mass is 10.1. The maximum absolute atomic E-state index is 5.37. The Hall–Kier alpha value is -0.870. The van der Waals surface area contributed by atoms with Crippen LogP contribution in [-0.2, 0) is 18.2 Å². The highest BCUT2D eigenvalue weighted by Crippen LogP contribution is 2.06. The van der Waals surface area contributed by atoms with E-state index in [2.05, 4.69) is 23.4 Å². The number of nitrogens with zero attached hydrogens (tertiary/aromatic N) is 2. The Morgan fingerprint density at radius 3 is 2.88 bits per heavy atom. The first-order chi connectivity index (χ1) is 8.26. The van der Waals surface area contributed by atoms with Crippen LogP contribution in [-0.4, -0.2) is 35.6 Å². The number of aromatic nitrogens is 2. The SMILES string of the molecule is CCNC(CCCOCC)Cc1ccn(C)n1. The van der Waals surface area contributed by atoms with Crippen molar-refractivity contribution < 1.29 is 4.74 Å². The molecule has 0 saturated heterocycles. The Morgan fingerprint density at radius 2 is 2.29 bits per heavy atom. The van der Waals surface area contributed by atoms with Crippen LogP contribution in [0.15, 0.2) is 12.3 Å². The van der Waals surface area contributed by atoms with Crippen molar-refractivity contribution in [2.24, 2.45) is 7.05 Å². The molecule has 98 valence electrons. The smallest absolute Gasteiger partial charge is 0.0639 e. The summed E-state index contributed by atoms with van der Waals surface area (Å²) in [5.41, 5.74) is 1.16. The average Bonchev–Trinajstić information content (AvgIpc) is 2.70. The molecule has 0 bridgehead atoms. The summed E-state index contributed by atoms with van der Waals surface area (Å²) < 4.78 is 7.23. The van der Waals surface area contributed by atoms with E-state index >= 15 is 0 Å². The molecule has 0 amide bonds. The molecule has 0 fully saturated rings. The number of nitrogens with one attached hydrogen (secondary N) is 1. The van der Waals surface area contributed by atoms with E-state index in [1.807, 2.05) is 24.9 Å². The van der Waals surface area contributed by atoms with Gasteiger partial charge in [0, 0.05) is 38.9 Å². The fourth-order valence-electron chi connectivity index (χ4n) is 1.97. The van der Waals surface area contributed by atoms with Crippen molar-refractivity contribution in [3.05, 3.63) is 18.0 Å². The molecule has 1 heterocycles. The zero-order chi connectivity index (χ0) is 12.5. The Balaban J connectivity index is 2.32. The highest BCUT2D eigenvalue weighted by atomic mass is 16.5. The van der Waals surface area contributed by atoms with Crippen LogP contribution >= 0.6 is 0 Å². The topological polar surface area (TPSA) is 39.1 Å². The highest BCUT2D eigenvalue weighted by Gasteiger charge is 2.09. The number of rotatable bonds is 9. The number of hydrogen-bond donors (Lipinski definition) is 1. The monoisotopic (exact) mass is 239 g/mol. The van der Waals surface area contributed by atoms with Crippen LogP contribution in [0.5, 0.6) is 0 Å². The van der Waals surface area contributed by atoms with Crippen LogP contribution in [0, 0.1) is 0 Å². The first kappa shape index (κ1) is 14.2. The maximum atomic E-state index is 5.37. The van der Waals surface area contributed by atoms with E-state index < -0.39 is 0 Å². The van der Waals surface area contributed by atoms with E-state index in [4.69, 9.17) is 4.74 Å². The van der Waals surface area contributed by atoms with Crippen molar-refractivity contribution in [2.45, 2.75) is 39.2 Å². The molecule has 1 rings (SSSR count). The molecule has 17 heavy (non-hydrogen) atoms. The Morgan fingerprint density at radius 1 is 1.47 bits per heavy atom. The minimum atomic E-state index is 0.510. The zero-order valence-corrected chi connectivity index (χ0v) is 11.3. The Bertz CT molecular complexity index is 299. The van der Waals surface area contributed by atoms with Gasteiger partial charge in [-0.05, 0) is 32.4 Å². The molecule has 4 nitrogen and oxygen atoms in total. The Labute approximate surface area is 104 Å². The number of aryl methyl sites for hydroxylation is 1. The van der Waals surface area contributed by atoms with Crippen molar-refractivity contribution >= 4 is 0 Å². The molecule has 0 aliphatic heterocycles. The van der Waals surface area contributed by atoms with Gasteiger partial charge in [-0.15, -0.1) is 0 Å². The summed E-state index contributed by atoms with van der Waals surface area (Å²) >= 11 is 0. The molecular formula is C13H25N3O. The van der Waals surface area contributed by atoms with Gasteiger partial charge in [-0.25, -0.2) is 0 Å². The molecule has 0 aromatic carbocycles. The second-order valence-corrected chi connectivity index (χ2v) is 4.28. The molecule has 0 saturated carbocycles. The molecule has 1 aromatic rings. The van der Waals surface area contributed by atoms with Crippen LogP contribution in [0.3, 0.4) is 0 Å². The van der Waals surface area contributed by atoms with Gasteiger partial charge in [-0.2, -0.15) is 5.10 Å². The molecule has 0 spiro atoms. The van der Waals surface area contributed by atoms with Crippen molar-refractivity contribution in [2.75, 3.05) is 19.8 Å². The second kappa shape index (κ2) is 8.25. The largest absolute Gasteiger partial charge is 0.382 e. The standard InChI is InChI=1S/C13H25N3O/c1-4-14-12(7-6-10-17-5-2)11-13-8-9-16(3)15-13/h8-9,12,14H,4-7,10-11H2,1-3H3. The molecule has 0 radical (unpaired) electrons. The Kier molecular flexibility index (Phi) is 6.89. The van der Waals surface area contributed by atoms with Crippen LogP contribution in [0.1, 0.15) is 32.4 Å². The van der Waals surface area contributed by atoms with Crippen molar-refractivity contribution in [3.8, 4) is 0 Å². The molecule has 4 heteroatoms. The summed E-state index contributed by atoms with van der Waals surface area (Å²) in [6.07, 6.45) is 5.25. The van der Waals surface area contributed by atoms with E-state index in [1.54, 1.807) is 0 Å². The second-order valence-electron chi connectivity index (χ2n) is 4.28. The fraction of sp³-hybridized carbons (Fsp3) is 0.769. The summed E-state index contributed by atoms with van der Waals surface area (Å²) in [5.74, 6) is 0. The summed E-state index contributed by atoms with van der Waals surface area (Å²) in [5, 5.41) is 7.94. The lowest BCUT2D eigenvalue weighted by Gasteiger charge is -2.16. The number of ether oxygens (including phenoxy) is 1. The van der Waals surface area contributed by atoms with E-state index in [1.165, 1.54) is 0 Å². The van der Waals surface area contributed by atoms with Gasteiger partial charge in [0.25, 0.3) is 0 Å². The van der Waals surface area contributed by atoms with Crippen molar-refractivity contribution in [3.63, 3.8) is 0 Å². The van der Waals surface area contributed by atoms with Crippen molar-refractivity contribution in [1.82, 2.24) is 15.1 Å². The lowest BCUT2D eigenvalue weighted by Crippen LogP contribution is -2.31. The molecular weight excluding hydrogens is 214 g/mol. The predicted molar refractivity (Wildman–Crippen MR) is 70.1 cm³/mol. The molecule has 1 atom stereocenters. The van der Waals surface area contributed by atoms with Crippen LogP contribution in [0.2, 0.25) is 0 Å². The van der Waals surface area contributed by atoms with Gasteiger partial charge >= 0.3 is 0 Å². The fourth-order valence-corrected chi connectivity index (χ4v) is 1.97. The first-order valence-electron chi connectivity index (χ1n) is 6.55. The normalized spacial score (nSPS) is 12.9. The first-order valence-corrected chi connectivity index (χ1v) is 6.55. The summed E-state index contributed by atoms with van der Waals surface area (Å²) in [6, 6.07) is 2.60. The van der Waals surface area contributed by atoms with E-state index in [0.717, 1.165) is 44.7 Å². The lowest BCUT2D eigenvalue weighted by molar-refractivity contribution is 0.140. The third-order valence-corrected chi connectivity index (χ3v) is 2.76. The van der Waals surface area contributed by atoms with Crippen molar-refractivity contribution in [1.29, 1.82) is 0 Å². The van der Waals surface area contributed by atoms with Gasteiger partial charge in [0.15, 0.2) is 0 Å². The van der Waals surface area contributed by atoms with Crippen LogP contribution < -0.4 is 5.32 Å². The number of likely N-dealkylation sites (N-methyl/N-ethyl adjacent to an activating group) is 1. The van der Waals surface area contributed by atoms with Gasteiger partial charge in [0.05, 0.1) is 5.69 Å². The van der Waals surface area contributed by atoms with Gasteiger partial charge in [-0.3, -0.25) is 4.68 Å². The van der Waals surface area contributed by atoms with Gasteiger partial charge in [0.2, 0.25) is 0 Å². The molecule has 0 aliphatic carbocycles. The summed E-state index contributed by atoms with van der Waals surface area (Å²) in [4.78, 5) is 0. The molecule has 0 aliphatic rings. The van der Waals surface area contributed by atoms with Crippen LogP contribution in [0.25, 0.3) is 0 Å². The minimum Gasteiger partial charge on any atom is -0.382 e. The third-order valence-electron chi connectivity index (χ3n) is 2.76. The maximum Gasteiger partial charge on any atom is 0.0639 e. The predicted octanol–water partition coefficient (Wildman–Crippen LogP) is 1.76. The van der Waals surface area contributed by atoms with Gasteiger partial charge in [0.1, 0.15) is 0 Å². The average molecular weight is 239 g/mol. The molecule has 1 aromatic heterocycles. The van der Waals surface area contributed by atoms with Crippen LogP contribution in [0.4, 0.5) is 0 Å². The minimum absolute atomic E-state index is 0.510. The highest BCUT2D eigenvalue weighted by molar-refractivity contribution is 5.01. The van der Waals surface area contributed by atoms with E-state index in [-0.39, 0.29) is 0 Å².